The molecule has 0 aliphatic heterocycles. The molecule has 2 aliphatic rings. The fourth-order valence-corrected chi connectivity index (χ4v) is 1.92. The first kappa shape index (κ1) is 4.80. The summed E-state index contributed by atoms with van der Waals surface area (Å²) in [6.45, 7) is 3.23. The molecular formula is C7H13N. The molecule has 1 spiro atoms. The van der Waals surface area contributed by atoms with Gasteiger partial charge in [-0.25, -0.2) is 0 Å². The van der Waals surface area contributed by atoms with Gasteiger partial charge >= 0.3 is 0 Å². The lowest BCUT2D eigenvalue weighted by Crippen LogP contribution is -2.13. The van der Waals surface area contributed by atoms with Crippen molar-refractivity contribution in [2.24, 2.45) is 16.6 Å². The van der Waals surface area contributed by atoms with Crippen molar-refractivity contribution in [3.63, 3.8) is 0 Å². The molecule has 2 aliphatic carbocycles. The molecule has 0 aromatic carbocycles. The van der Waals surface area contributed by atoms with Gasteiger partial charge in [0.1, 0.15) is 0 Å². The van der Waals surface area contributed by atoms with Gasteiger partial charge in [-0.1, -0.05) is 6.92 Å². The van der Waals surface area contributed by atoms with E-state index in [4.69, 9.17) is 5.73 Å². The van der Waals surface area contributed by atoms with Gasteiger partial charge in [-0.15, -0.1) is 0 Å². The Morgan fingerprint density at radius 3 is 2.25 bits per heavy atom. The third-order valence-corrected chi connectivity index (χ3v) is 3.19. The average Bonchev–Trinajstić information content (AvgIpc) is 2.57. The first-order valence-electron chi connectivity index (χ1n) is 3.43. The largest absolute Gasteiger partial charge is 0.330 e. The molecule has 2 rings (SSSR count). The number of hydrogen-bond acceptors (Lipinski definition) is 1. The van der Waals surface area contributed by atoms with E-state index >= 15 is 0 Å². The van der Waals surface area contributed by atoms with Crippen LogP contribution in [0.2, 0.25) is 0 Å². The Morgan fingerprint density at radius 2 is 2.12 bits per heavy atom. The lowest BCUT2D eigenvalue weighted by Gasteiger charge is -2.02. The molecule has 2 saturated carbocycles. The van der Waals surface area contributed by atoms with Gasteiger partial charge in [0.15, 0.2) is 0 Å². The van der Waals surface area contributed by atoms with E-state index in [2.05, 4.69) is 6.92 Å². The summed E-state index contributed by atoms with van der Waals surface area (Å²) in [5, 5.41) is 0. The van der Waals surface area contributed by atoms with Gasteiger partial charge in [0.2, 0.25) is 0 Å². The van der Waals surface area contributed by atoms with Crippen LogP contribution in [0.1, 0.15) is 26.2 Å². The zero-order valence-corrected chi connectivity index (χ0v) is 5.41. The van der Waals surface area contributed by atoms with Crippen LogP contribution in [0.15, 0.2) is 0 Å². The van der Waals surface area contributed by atoms with Crippen molar-refractivity contribution in [3.8, 4) is 0 Å². The number of rotatable bonds is 1. The van der Waals surface area contributed by atoms with E-state index in [-0.39, 0.29) is 0 Å². The van der Waals surface area contributed by atoms with Gasteiger partial charge in [0.25, 0.3) is 0 Å². The quantitative estimate of drug-likeness (QED) is 0.539. The SMILES string of the molecule is CC1(CN)CC12CC2. The van der Waals surface area contributed by atoms with Crippen LogP contribution >= 0.6 is 0 Å². The van der Waals surface area contributed by atoms with Crippen molar-refractivity contribution in [2.45, 2.75) is 26.2 Å². The van der Waals surface area contributed by atoms with Crippen molar-refractivity contribution in [1.29, 1.82) is 0 Å². The molecular weight excluding hydrogens is 98.1 g/mol. The molecule has 8 heavy (non-hydrogen) atoms. The van der Waals surface area contributed by atoms with E-state index in [1.165, 1.54) is 19.3 Å². The molecule has 0 aromatic rings. The van der Waals surface area contributed by atoms with Crippen molar-refractivity contribution < 1.29 is 0 Å². The minimum atomic E-state index is 0.576. The van der Waals surface area contributed by atoms with E-state index < -0.39 is 0 Å². The third kappa shape index (κ3) is 0.334. The monoisotopic (exact) mass is 111 g/mol. The molecule has 0 amide bonds. The van der Waals surface area contributed by atoms with Crippen LogP contribution in [0.5, 0.6) is 0 Å². The highest BCUT2D eigenvalue weighted by molar-refractivity contribution is 5.20. The Hall–Kier alpha value is -0.0400. The summed E-state index contributed by atoms with van der Waals surface area (Å²) in [5.41, 5.74) is 6.94. The smallest absolute Gasteiger partial charge is 0.00176 e. The molecule has 0 bridgehead atoms. The Kier molecular flexibility index (Phi) is 0.583. The topological polar surface area (TPSA) is 26.0 Å². The summed E-state index contributed by atoms with van der Waals surface area (Å²) in [4.78, 5) is 0. The molecule has 46 valence electrons. The summed E-state index contributed by atoms with van der Waals surface area (Å²) < 4.78 is 0. The van der Waals surface area contributed by atoms with E-state index in [0.29, 0.717) is 5.41 Å². The highest BCUT2D eigenvalue weighted by Gasteiger charge is 2.70. The van der Waals surface area contributed by atoms with Gasteiger partial charge in [-0.3, -0.25) is 0 Å². The maximum absolute atomic E-state index is 5.58. The molecule has 1 nitrogen and oxygen atoms in total. The second-order valence-corrected chi connectivity index (χ2v) is 3.72. The minimum absolute atomic E-state index is 0.576. The molecule has 0 heterocycles. The Labute approximate surface area is 50.3 Å². The summed E-state index contributed by atoms with van der Waals surface area (Å²) in [5.74, 6) is 0. The third-order valence-electron chi connectivity index (χ3n) is 3.19. The molecule has 1 atom stereocenters. The van der Waals surface area contributed by atoms with Gasteiger partial charge < -0.3 is 5.73 Å². The predicted molar refractivity (Wildman–Crippen MR) is 33.4 cm³/mol. The fourth-order valence-electron chi connectivity index (χ4n) is 1.92. The maximum Gasteiger partial charge on any atom is -0.00176 e. The normalized spacial score (nSPS) is 47.2. The summed E-state index contributed by atoms with van der Waals surface area (Å²) in [6, 6.07) is 0. The highest BCUT2D eigenvalue weighted by atomic mass is 14.8. The minimum Gasteiger partial charge on any atom is -0.330 e. The Bertz CT molecular complexity index is 126. The van der Waals surface area contributed by atoms with Gasteiger partial charge in [-0.05, 0) is 36.6 Å². The van der Waals surface area contributed by atoms with E-state index in [1.54, 1.807) is 0 Å². The van der Waals surface area contributed by atoms with Gasteiger partial charge in [0, 0.05) is 0 Å². The Balaban J connectivity index is 2.11. The van der Waals surface area contributed by atoms with Crippen LogP contribution in [0.4, 0.5) is 0 Å². The Morgan fingerprint density at radius 1 is 1.50 bits per heavy atom. The van der Waals surface area contributed by atoms with Crippen LogP contribution in [0, 0.1) is 10.8 Å². The number of nitrogens with two attached hydrogens (primary N) is 1. The van der Waals surface area contributed by atoms with Crippen LogP contribution in [0.3, 0.4) is 0 Å². The van der Waals surface area contributed by atoms with E-state index in [0.717, 1.165) is 12.0 Å². The van der Waals surface area contributed by atoms with Crippen LogP contribution < -0.4 is 5.73 Å². The predicted octanol–water partition coefficient (Wildman–Crippen LogP) is 1.14. The second kappa shape index (κ2) is 0.971. The summed E-state index contributed by atoms with van der Waals surface area (Å²) in [6.07, 6.45) is 4.33. The molecule has 0 aromatic heterocycles. The molecule has 1 heteroatoms. The first-order chi connectivity index (χ1) is 3.72. The standard InChI is InChI=1S/C7H13N/c1-6(5-8)4-7(6)2-3-7/h2-5,8H2,1H3. The lowest BCUT2D eigenvalue weighted by molar-refractivity contribution is 0.507. The highest BCUT2D eigenvalue weighted by Crippen LogP contribution is 2.77. The maximum atomic E-state index is 5.58. The fraction of sp³-hybridized carbons (Fsp3) is 1.00. The molecule has 0 saturated heterocycles. The van der Waals surface area contributed by atoms with Gasteiger partial charge in [-0.2, -0.15) is 0 Å². The number of hydrogen-bond donors (Lipinski definition) is 1. The van der Waals surface area contributed by atoms with Crippen LogP contribution in [0.25, 0.3) is 0 Å². The van der Waals surface area contributed by atoms with E-state index in [1.807, 2.05) is 0 Å². The van der Waals surface area contributed by atoms with Crippen molar-refractivity contribution >= 4 is 0 Å². The molecule has 2 fully saturated rings. The van der Waals surface area contributed by atoms with E-state index in [9.17, 15) is 0 Å². The van der Waals surface area contributed by atoms with Crippen molar-refractivity contribution in [2.75, 3.05) is 6.54 Å². The van der Waals surface area contributed by atoms with Crippen molar-refractivity contribution in [3.05, 3.63) is 0 Å². The molecule has 2 N–H and O–H groups in total. The molecule has 0 radical (unpaired) electrons. The molecule has 1 unspecified atom stereocenters. The zero-order valence-electron chi connectivity index (χ0n) is 5.41. The van der Waals surface area contributed by atoms with Crippen molar-refractivity contribution in [1.82, 2.24) is 0 Å². The zero-order chi connectivity index (χ0) is 5.83. The summed E-state index contributed by atoms with van der Waals surface area (Å²) in [7, 11) is 0. The second-order valence-electron chi connectivity index (χ2n) is 3.72. The first-order valence-corrected chi connectivity index (χ1v) is 3.43. The summed E-state index contributed by atoms with van der Waals surface area (Å²) >= 11 is 0. The van der Waals surface area contributed by atoms with Crippen LogP contribution in [-0.4, -0.2) is 6.54 Å². The average molecular weight is 111 g/mol. The van der Waals surface area contributed by atoms with Crippen LogP contribution in [-0.2, 0) is 0 Å². The lowest BCUT2D eigenvalue weighted by atomic mass is 10.1. The van der Waals surface area contributed by atoms with Gasteiger partial charge in [0.05, 0.1) is 0 Å².